The summed E-state index contributed by atoms with van der Waals surface area (Å²) in [7, 11) is 0. The second kappa shape index (κ2) is 4.23. The zero-order valence-electron chi connectivity index (χ0n) is 7.30. The second-order valence-corrected chi connectivity index (χ2v) is 3.84. The van der Waals surface area contributed by atoms with E-state index in [2.05, 4.69) is 15.9 Å². The molecule has 0 spiro atoms. The second-order valence-electron chi connectivity index (χ2n) is 2.98. The molecule has 0 atom stereocenters. The zero-order valence-corrected chi connectivity index (χ0v) is 8.89. The van der Waals surface area contributed by atoms with Gasteiger partial charge < -0.3 is 10.8 Å². The Morgan fingerprint density at radius 2 is 2.07 bits per heavy atom. The van der Waals surface area contributed by atoms with Gasteiger partial charge in [0.2, 0.25) is 0 Å². The lowest BCUT2D eigenvalue weighted by Crippen LogP contribution is -2.30. The van der Waals surface area contributed by atoms with Crippen LogP contribution >= 0.6 is 15.9 Å². The number of benzene rings is 1. The van der Waals surface area contributed by atoms with E-state index in [0.29, 0.717) is 4.47 Å². The topological polar surface area (TPSA) is 46.2 Å². The lowest BCUT2D eigenvalue weighted by atomic mass is 10.1. The van der Waals surface area contributed by atoms with Gasteiger partial charge in [0.15, 0.2) is 0 Å². The Balaban J connectivity index is 2.92. The van der Waals surface area contributed by atoms with Crippen molar-refractivity contribution in [3.63, 3.8) is 0 Å². The van der Waals surface area contributed by atoms with E-state index in [1.165, 1.54) is 6.07 Å². The highest BCUT2D eigenvalue weighted by molar-refractivity contribution is 9.10. The van der Waals surface area contributed by atoms with Crippen LogP contribution < -0.4 is 5.73 Å². The third-order valence-electron chi connectivity index (χ3n) is 1.82. The standard InChI is InChI=1S/C9H10BrF2NO/c10-7-3-1-2-6(8(7)14)4-9(11,12)5-13/h1-3,14H,4-5,13H2. The minimum atomic E-state index is -2.97. The first-order valence-corrected chi connectivity index (χ1v) is 4.80. The van der Waals surface area contributed by atoms with Gasteiger partial charge in [-0.1, -0.05) is 12.1 Å². The molecule has 2 nitrogen and oxygen atoms in total. The molecule has 0 aliphatic carbocycles. The maximum atomic E-state index is 12.9. The number of para-hydroxylation sites is 1. The molecule has 3 N–H and O–H groups in total. The van der Waals surface area contributed by atoms with Crippen LogP contribution in [0.2, 0.25) is 0 Å². The van der Waals surface area contributed by atoms with Crippen LogP contribution in [0.4, 0.5) is 8.78 Å². The molecule has 0 aromatic heterocycles. The Kier molecular flexibility index (Phi) is 3.44. The molecular weight excluding hydrogens is 256 g/mol. The summed E-state index contributed by atoms with van der Waals surface area (Å²) in [4.78, 5) is 0. The summed E-state index contributed by atoms with van der Waals surface area (Å²) in [5, 5.41) is 9.44. The number of nitrogens with two attached hydrogens (primary N) is 1. The summed E-state index contributed by atoms with van der Waals surface area (Å²) in [6.45, 7) is -0.723. The molecule has 0 saturated carbocycles. The van der Waals surface area contributed by atoms with Gasteiger partial charge >= 0.3 is 0 Å². The molecule has 0 aliphatic heterocycles. The summed E-state index contributed by atoms with van der Waals surface area (Å²) in [5.41, 5.74) is 5.09. The SMILES string of the molecule is NCC(F)(F)Cc1cccc(Br)c1O. The molecule has 0 fully saturated rings. The van der Waals surface area contributed by atoms with E-state index in [0.717, 1.165) is 0 Å². The molecule has 0 aliphatic rings. The monoisotopic (exact) mass is 265 g/mol. The van der Waals surface area contributed by atoms with E-state index in [9.17, 15) is 13.9 Å². The van der Waals surface area contributed by atoms with Crippen molar-refractivity contribution in [1.29, 1.82) is 0 Å². The van der Waals surface area contributed by atoms with Gasteiger partial charge in [0.25, 0.3) is 5.92 Å². The number of halogens is 3. The normalized spacial score (nSPS) is 11.7. The Morgan fingerprint density at radius 3 is 2.64 bits per heavy atom. The molecule has 0 saturated heterocycles. The maximum Gasteiger partial charge on any atom is 0.264 e. The quantitative estimate of drug-likeness (QED) is 0.881. The first kappa shape index (κ1) is 11.4. The highest BCUT2D eigenvalue weighted by atomic mass is 79.9. The smallest absolute Gasteiger partial charge is 0.264 e. The fourth-order valence-corrected chi connectivity index (χ4v) is 1.46. The van der Waals surface area contributed by atoms with Gasteiger partial charge in [-0.3, -0.25) is 0 Å². The summed E-state index contributed by atoms with van der Waals surface area (Å²) in [6, 6.07) is 4.62. The van der Waals surface area contributed by atoms with Gasteiger partial charge in [-0.15, -0.1) is 0 Å². The maximum absolute atomic E-state index is 12.9. The average Bonchev–Trinajstić information content (AvgIpc) is 2.13. The number of hydrogen-bond donors (Lipinski definition) is 2. The Hall–Kier alpha value is -0.680. The Labute approximate surface area is 88.9 Å². The molecule has 0 unspecified atom stereocenters. The van der Waals surface area contributed by atoms with Gasteiger partial charge in [-0.2, -0.15) is 0 Å². The third-order valence-corrected chi connectivity index (χ3v) is 2.46. The van der Waals surface area contributed by atoms with Gasteiger partial charge in [0.1, 0.15) is 5.75 Å². The van der Waals surface area contributed by atoms with Gasteiger partial charge in [0, 0.05) is 12.0 Å². The molecule has 0 heterocycles. The lowest BCUT2D eigenvalue weighted by Gasteiger charge is -2.14. The highest BCUT2D eigenvalue weighted by Crippen LogP contribution is 2.31. The van der Waals surface area contributed by atoms with Crippen molar-refractivity contribution in [2.24, 2.45) is 5.73 Å². The van der Waals surface area contributed by atoms with Crippen LogP contribution in [0.15, 0.2) is 22.7 Å². The van der Waals surface area contributed by atoms with Gasteiger partial charge in [-0.05, 0) is 22.0 Å². The van der Waals surface area contributed by atoms with E-state index < -0.39 is 18.9 Å². The predicted molar refractivity (Wildman–Crippen MR) is 53.5 cm³/mol. The lowest BCUT2D eigenvalue weighted by molar-refractivity contribution is 0.0109. The van der Waals surface area contributed by atoms with Crippen LogP contribution in [-0.4, -0.2) is 17.6 Å². The molecule has 1 rings (SSSR count). The molecule has 0 bridgehead atoms. The molecule has 14 heavy (non-hydrogen) atoms. The van der Waals surface area contributed by atoms with Crippen molar-refractivity contribution in [2.45, 2.75) is 12.3 Å². The van der Waals surface area contributed by atoms with Crippen LogP contribution in [0, 0.1) is 0 Å². The van der Waals surface area contributed by atoms with Crippen molar-refractivity contribution in [1.82, 2.24) is 0 Å². The van der Waals surface area contributed by atoms with E-state index in [-0.39, 0.29) is 11.3 Å². The minimum Gasteiger partial charge on any atom is -0.506 e. The number of rotatable bonds is 3. The fourth-order valence-electron chi connectivity index (χ4n) is 1.05. The fraction of sp³-hybridized carbons (Fsp3) is 0.333. The summed E-state index contributed by atoms with van der Waals surface area (Å²) in [6.07, 6.45) is -0.547. The first-order valence-electron chi connectivity index (χ1n) is 4.00. The van der Waals surface area contributed by atoms with Crippen molar-refractivity contribution < 1.29 is 13.9 Å². The van der Waals surface area contributed by atoms with E-state index >= 15 is 0 Å². The molecule has 0 radical (unpaired) electrons. The zero-order chi connectivity index (χ0) is 10.8. The summed E-state index contributed by atoms with van der Waals surface area (Å²) in [5.74, 6) is -3.13. The molecular formula is C9H10BrF2NO. The number of aromatic hydroxyl groups is 1. The number of alkyl halides is 2. The summed E-state index contributed by atoms with van der Waals surface area (Å²) >= 11 is 3.05. The summed E-state index contributed by atoms with van der Waals surface area (Å²) < 4.78 is 26.2. The number of hydrogen-bond acceptors (Lipinski definition) is 2. The van der Waals surface area contributed by atoms with E-state index in [1.807, 2.05) is 0 Å². The number of phenolic OH excluding ortho intramolecular Hbond substituents is 1. The van der Waals surface area contributed by atoms with Crippen LogP contribution in [0.1, 0.15) is 5.56 Å². The van der Waals surface area contributed by atoms with Crippen LogP contribution in [-0.2, 0) is 6.42 Å². The van der Waals surface area contributed by atoms with Crippen molar-refractivity contribution in [3.8, 4) is 5.75 Å². The largest absolute Gasteiger partial charge is 0.506 e. The van der Waals surface area contributed by atoms with Gasteiger partial charge in [0.05, 0.1) is 11.0 Å². The Morgan fingerprint density at radius 1 is 1.43 bits per heavy atom. The first-order chi connectivity index (χ1) is 6.46. The molecule has 78 valence electrons. The predicted octanol–water partition coefficient (Wildman–Crippen LogP) is 2.29. The molecule has 1 aromatic rings. The Bertz CT molecular complexity index is 331. The average molecular weight is 266 g/mol. The van der Waals surface area contributed by atoms with Crippen LogP contribution in [0.5, 0.6) is 5.75 Å². The molecule has 0 amide bonds. The van der Waals surface area contributed by atoms with Crippen LogP contribution in [0.25, 0.3) is 0 Å². The molecule has 1 aromatic carbocycles. The van der Waals surface area contributed by atoms with E-state index in [1.54, 1.807) is 12.1 Å². The van der Waals surface area contributed by atoms with Gasteiger partial charge in [-0.25, -0.2) is 8.78 Å². The highest BCUT2D eigenvalue weighted by Gasteiger charge is 2.28. The van der Waals surface area contributed by atoms with Crippen molar-refractivity contribution in [2.75, 3.05) is 6.54 Å². The van der Waals surface area contributed by atoms with E-state index in [4.69, 9.17) is 5.73 Å². The number of phenols is 1. The minimum absolute atomic E-state index is 0.152. The third kappa shape index (κ3) is 2.65. The van der Waals surface area contributed by atoms with Crippen molar-refractivity contribution in [3.05, 3.63) is 28.2 Å². The van der Waals surface area contributed by atoms with Crippen molar-refractivity contribution >= 4 is 15.9 Å². The molecule has 5 heteroatoms. The van der Waals surface area contributed by atoms with Crippen LogP contribution in [0.3, 0.4) is 0 Å².